The predicted molar refractivity (Wildman–Crippen MR) is 79.7 cm³/mol. The van der Waals surface area contributed by atoms with Crippen LogP contribution in [-0.4, -0.2) is 28.9 Å². The number of aromatic nitrogens is 1. The molecule has 1 saturated carbocycles. The second-order valence-electron chi connectivity index (χ2n) is 5.96. The summed E-state index contributed by atoms with van der Waals surface area (Å²) in [6.07, 6.45) is 4.94. The van der Waals surface area contributed by atoms with Crippen molar-refractivity contribution in [1.29, 1.82) is 0 Å². The average Bonchev–Trinajstić information content (AvgIpc) is 2.47. The summed E-state index contributed by atoms with van der Waals surface area (Å²) in [7, 11) is 0. The Morgan fingerprint density at radius 2 is 2.24 bits per heavy atom. The van der Waals surface area contributed by atoms with Crippen LogP contribution < -0.4 is 10.6 Å². The molecule has 0 spiro atoms. The number of fused-ring (bicyclic) bond motifs is 1. The van der Waals surface area contributed by atoms with Crippen molar-refractivity contribution in [2.45, 2.75) is 37.1 Å². The van der Waals surface area contributed by atoms with Gasteiger partial charge in [-0.25, -0.2) is 9.37 Å². The van der Waals surface area contributed by atoms with Gasteiger partial charge in [-0.1, -0.05) is 0 Å². The number of carbonyl (C=O) groups is 1. The molecule has 1 aliphatic heterocycles. The predicted octanol–water partition coefficient (Wildman–Crippen LogP) is 2.54. The summed E-state index contributed by atoms with van der Waals surface area (Å²) >= 11 is 6.23. The molecule has 114 valence electrons. The van der Waals surface area contributed by atoms with Crippen molar-refractivity contribution in [3.63, 3.8) is 0 Å². The second kappa shape index (κ2) is 6.18. The van der Waals surface area contributed by atoms with E-state index in [1.807, 2.05) is 0 Å². The molecule has 4 unspecified atom stereocenters. The Hall–Kier alpha value is -1.36. The van der Waals surface area contributed by atoms with Crippen molar-refractivity contribution >= 4 is 23.3 Å². The Balaban J connectivity index is 1.57. The number of hydrogen-bond acceptors (Lipinski definition) is 3. The van der Waals surface area contributed by atoms with Gasteiger partial charge in [0.25, 0.3) is 0 Å². The minimum absolute atomic E-state index is 0.0833. The van der Waals surface area contributed by atoms with E-state index in [1.54, 1.807) is 6.07 Å². The number of amides is 1. The van der Waals surface area contributed by atoms with Crippen LogP contribution in [0.4, 0.5) is 10.2 Å². The quantitative estimate of drug-likeness (QED) is 0.844. The molecule has 6 heteroatoms. The molecule has 1 aromatic rings. The van der Waals surface area contributed by atoms with E-state index in [4.69, 9.17) is 11.6 Å². The highest BCUT2D eigenvalue weighted by Crippen LogP contribution is 2.35. The number of anilines is 1. The van der Waals surface area contributed by atoms with Crippen LogP contribution in [0.2, 0.25) is 0 Å². The van der Waals surface area contributed by atoms with Gasteiger partial charge in [-0.05, 0) is 43.7 Å². The molecule has 2 fully saturated rings. The molecular formula is C15H19ClFN3O. The number of piperidine rings is 1. The third kappa shape index (κ3) is 3.46. The van der Waals surface area contributed by atoms with Crippen LogP contribution in [0, 0.1) is 17.7 Å². The Labute approximate surface area is 128 Å². The van der Waals surface area contributed by atoms with Gasteiger partial charge in [-0.3, -0.25) is 4.79 Å². The molecule has 3 rings (SSSR count). The first-order valence-corrected chi connectivity index (χ1v) is 7.85. The third-order valence-corrected chi connectivity index (χ3v) is 4.86. The van der Waals surface area contributed by atoms with E-state index in [9.17, 15) is 9.18 Å². The maximum absolute atomic E-state index is 12.8. The number of carbonyl (C=O) groups excluding carboxylic acids is 1. The Morgan fingerprint density at radius 1 is 1.38 bits per heavy atom. The summed E-state index contributed by atoms with van der Waals surface area (Å²) in [5.41, 5.74) is 0. The molecule has 4 atom stereocenters. The van der Waals surface area contributed by atoms with Gasteiger partial charge >= 0.3 is 0 Å². The molecule has 1 aliphatic carbocycles. The molecule has 2 heterocycles. The van der Waals surface area contributed by atoms with Crippen LogP contribution in [0.1, 0.15) is 25.7 Å². The van der Waals surface area contributed by atoms with Gasteiger partial charge in [0.2, 0.25) is 5.91 Å². The number of halogens is 2. The van der Waals surface area contributed by atoms with Crippen molar-refractivity contribution in [3.8, 4) is 0 Å². The standard InChI is InChI=1S/C15H19ClFN3O/c16-11-1-3-13-9(6-11)5-10(15(21)20-13)7-18-14-4-2-12(17)8-19-14/h2,4,8-11,13H,1,3,5-7H2,(H,18,19)(H,20,21). The lowest BCUT2D eigenvalue weighted by atomic mass is 9.75. The molecule has 1 amide bonds. The maximum Gasteiger partial charge on any atom is 0.225 e. The fourth-order valence-electron chi connectivity index (χ4n) is 3.31. The monoisotopic (exact) mass is 311 g/mol. The van der Waals surface area contributed by atoms with E-state index in [-0.39, 0.29) is 29.1 Å². The Kier molecular flexibility index (Phi) is 4.29. The lowest BCUT2D eigenvalue weighted by Gasteiger charge is -2.41. The molecule has 2 N–H and O–H groups in total. The third-order valence-electron chi connectivity index (χ3n) is 4.46. The highest BCUT2D eigenvalue weighted by molar-refractivity contribution is 6.20. The topological polar surface area (TPSA) is 54.0 Å². The van der Waals surface area contributed by atoms with Crippen LogP contribution in [0.3, 0.4) is 0 Å². The number of pyridine rings is 1. The van der Waals surface area contributed by atoms with E-state index in [0.717, 1.165) is 25.7 Å². The number of nitrogens with one attached hydrogen (secondary N) is 2. The van der Waals surface area contributed by atoms with E-state index in [0.29, 0.717) is 18.3 Å². The normalized spacial score (nSPS) is 32.2. The van der Waals surface area contributed by atoms with E-state index in [1.165, 1.54) is 12.3 Å². The fraction of sp³-hybridized carbons (Fsp3) is 0.600. The van der Waals surface area contributed by atoms with Gasteiger partial charge in [-0.2, -0.15) is 0 Å². The first-order valence-electron chi connectivity index (χ1n) is 7.41. The van der Waals surface area contributed by atoms with Crippen molar-refractivity contribution in [2.24, 2.45) is 11.8 Å². The van der Waals surface area contributed by atoms with Crippen molar-refractivity contribution in [1.82, 2.24) is 10.3 Å². The molecule has 1 aromatic heterocycles. The van der Waals surface area contributed by atoms with Crippen molar-refractivity contribution < 1.29 is 9.18 Å². The second-order valence-corrected chi connectivity index (χ2v) is 6.58. The zero-order chi connectivity index (χ0) is 14.8. The number of hydrogen-bond donors (Lipinski definition) is 2. The first-order chi connectivity index (χ1) is 10.1. The lowest BCUT2D eigenvalue weighted by Crippen LogP contribution is -2.53. The molecule has 2 aliphatic rings. The molecule has 4 nitrogen and oxygen atoms in total. The summed E-state index contributed by atoms with van der Waals surface area (Å²) in [5, 5.41) is 6.45. The van der Waals surface area contributed by atoms with Crippen LogP contribution >= 0.6 is 11.6 Å². The van der Waals surface area contributed by atoms with Gasteiger partial charge in [-0.15, -0.1) is 11.6 Å². The summed E-state index contributed by atoms with van der Waals surface area (Å²) in [4.78, 5) is 16.1. The first kappa shape index (κ1) is 14.6. The van der Waals surface area contributed by atoms with Crippen molar-refractivity contribution in [2.75, 3.05) is 11.9 Å². The van der Waals surface area contributed by atoms with E-state index < -0.39 is 0 Å². The van der Waals surface area contributed by atoms with E-state index >= 15 is 0 Å². The summed E-state index contributed by atoms with van der Waals surface area (Å²) in [6.45, 7) is 0.515. The number of alkyl halides is 1. The van der Waals surface area contributed by atoms with Crippen LogP contribution in [0.15, 0.2) is 18.3 Å². The zero-order valence-electron chi connectivity index (χ0n) is 11.7. The highest BCUT2D eigenvalue weighted by Gasteiger charge is 2.38. The molecular weight excluding hydrogens is 293 g/mol. The van der Waals surface area contributed by atoms with Crippen molar-refractivity contribution in [3.05, 3.63) is 24.1 Å². The smallest absolute Gasteiger partial charge is 0.225 e. The van der Waals surface area contributed by atoms with E-state index in [2.05, 4.69) is 15.6 Å². The molecule has 0 aromatic carbocycles. The van der Waals surface area contributed by atoms with Gasteiger partial charge < -0.3 is 10.6 Å². The molecule has 0 radical (unpaired) electrons. The van der Waals surface area contributed by atoms with Gasteiger partial charge in [0, 0.05) is 18.0 Å². The SMILES string of the molecule is O=C1NC2CCC(Cl)CC2CC1CNc1ccc(F)cn1. The van der Waals surface area contributed by atoms with Gasteiger partial charge in [0.05, 0.1) is 12.1 Å². The van der Waals surface area contributed by atoms with Gasteiger partial charge in [0.1, 0.15) is 11.6 Å². The number of nitrogens with zero attached hydrogens (tertiary/aromatic N) is 1. The van der Waals surface area contributed by atoms with Gasteiger partial charge in [0.15, 0.2) is 0 Å². The van der Waals surface area contributed by atoms with Crippen LogP contribution in [-0.2, 0) is 4.79 Å². The Morgan fingerprint density at radius 3 is 3.00 bits per heavy atom. The minimum atomic E-state index is -0.367. The largest absolute Gasteiger partial charge is 0.369 e. The van der Waals surface area contributed by atoms with Crippen LogP contribution in [0.5, 0.6) is 0 Å². The fourth-order valence-corrected chi connectivity index (χ4v) is 3.67. The Bertz CT molecular complexity index is 510. The lowest BCUT2D eigenvalue weighted by molar-refractivity contribution is -0.129. The molecule has 1 saturated heterocycles. The minimum Gasteiger partial charge on any atom is -0.369 e. The summed E-state index contributed by atoms with van der Waals surface area (Å²) < 4.78 is 12.8. The maximum atomic E-state index is 12.8. The highest BCUT2D eigenvalue weighted by atomic mass is 35.5. The summed E-state index contributed by atoms with van der Waals surface area (Å²) in [5.74, 6) is 0.699. The average molecular weight is 312 g/mol. The molecule has 0 bridgehead atoms. The van der Waals surface area contributed by atoms with Crippen LogP contribution in [0.25, 0.3) is 0 Å². The molecule has 21 heavy (non-hydrogen) atoms. The summed E-state index contributed by atoms with van der Waals surface area (Å²) in [6, 6.07) is 3.22. The number of rotatable bonds is 3. The zero-order valence-corrected chi connectivity index (χ0v) is 12.4.